The fourth-order valence-electron chi connectivity index (χ4n) is 3.12. The molecule has 0 unspecified atom stereocenters. The Morgan fingerprint density at radius 2 is 1.81 bits per heavy atom. The lowest BCUT2D eigenvalue weighted by molar-refractivity contribution is 0.0699. The van der Waals surface area contributed by atoms with Crippen LogP contribution in [0.1, 0.15) is 21.6 Å². The minimum atomic E-state index is -0.981. The van der Waals surface area contributed by atoms with Crippen LogP contribution in [-0.4, -0.2) is 25.8 Å². The number of aryl methyl sites for hydroxylation is 1. The Morgan fingerprint density at radius 1 is 1.07 bits per heavy atom. The summed E-state index contributed by atoms with van der Waals surface area (Å²) in [5, 5.41) is 14.7. The molecule has 134 valence electrons. The zero-order valence-corrected chi connectivity index (χ0v) is 16.4. The third kappa shape index (κ3) is 3.13. The van der Waals surface area contributed by atoms with Crippen LogP contribution in [0.4, 0.5) is 0 Å². The minimum absolute atomic E-state index is 0.221. The van der Waals surface area contributed by atoms with Crippen molar-refractivity contribution >= 4 is 32.8 Å². The van der Waals surface area contributed by atoms with Crippen molar-refractivity contribution in [3.8, 4) is 16.9 Å². The largest absolute Gasteiger partial charge is 0.478 e. The quantitative estimate of drug-likeness (QED) is 0.495. The molecule has 27 heavy (non-hydrogen) atoms. The van der Waals surface area contributed by atoms with Crippen molar-refractivity contribution in [3.05, 3.63) is 76.0 Å². The fourth-order valence-corrected chi connectivity index (χ4v) is 3.48. The Labute approximate surface area is 164 Å². The van der Waals surface area contributed by atoms with E-state index in [2.05, 4.69) is 26.0 Å². The number of fused-ring (bicyclic) bond motifs is 1. The first-order valence-electron chi connectivity index (χ1n) is 8.39. The molecule has 2 heterocycles. The normalized spacial score (nSPS) is 11.1. The number of pyridine rings is 1. The summed E-state index contributed by atoms with van der Waals surface area (Å²) in [5.41, 5.74) is 5.29. The summed E-state index contributed by atoms with van der Waals surface area (Å²) in [5.74, 6) is -0.981. The van der Waals surface area contributed by atoms with Gasteiger partial charge in [-0.2, -0.15) is 5.10 Å². The molecular formula is C21H16BrN3O2. The van der Waals surface area contributed by atoms with Gasteiger partial charge in [-0.15, -0.1) is 0 Å². The first kappa shape index (κ1) is 17.4. The lowest BCUT2D eigenvalue weighted by atomic mass is 10.0. The van der Waals surface area contributed by atoms with Crippen LogP contribution >= 0.6 is 15.9 Å². The van der Waals surface area contributed by atoms with E-state index in [1.165, 1.54) is 5.56 Å². The predicted molar refractivity (Wildman–Crippen MR) is 108 cm³/mol. The summed E-state index contributed by atoms with van der Waals surface area (Å²) in [6.45, 7) is 3.99. The van der Waals surface area contributed by atoms with Crippen molar-refractivity contribution in [2.75, 3.05) is 0 Å². The van der Waals surface area contributed by atoms with Gasteiger partial charge in [-0.05, 0) is 50.2 Å². The monoisotopic (exact) mass is 421 g/mol. The summed E-state index contributed by atoms with van der Waals surface area (Å²) < 4.78 is 2.65. The minimum Gasteiger partial charge on any atom is -0.478 e. The van der Waals surface area contributed by atoms with E-state index in [1.54, 1.807) is 18.3 Å². The number of halogens is 1. The SMILES string of the molecule is Cc1ccc(-n2ncc(-c3cc(C(=O)O)c4cc(Br)ccc4n3)c2C)cc1. The molecule has 2 aromatic carbocycles. The second-order valence-electron chi connectivity index (χ2n) is 6.41. The lowest BCUT2D eigenvalue weighted by Gasteiger charge is -2.08. The molecule has 0 spiro atoms. The first-order chi connectivity index (χ1) is 12.9. The summed E-state index contributed by atoms with van der Waals surface area (Å²) in [4.78, 5) is 16.5. The molecule has 2 aromatic heterocycles. The van der Waals surface area contributed by atoms with E-state index in [-0.39, 0.29) is 5.56 Å². The lowest BCUT2D eigenvalue weighted by Crippen LogP contribution is -2.01. The number of carbonyl (C=O) groups is 1. The van der Waals surface area contributed by atoms with E-state index in [0.29, 0.717) is 16.6 Å². The number of aromatic nitrogens is 3. The number of hydrogen-bond donors (Lipinski definition) is 1. The Morgan fingerprint density at radius 3 is 2.52 bits per heavy atom. The van der Waals surface area contributed by atoms with Crippen molar-refractivity contribution in [2.24, 2.45) is 0 Å². The zero-order chi connectivity index (χ0) is 19.1. The van der Waals surface area contributed by atoms with Gasteiger partial charge in [0.15, 0.2) is 0 Å². The van der Waals surface area contributed by atoms with E-state index < -0.39 is 5.97 Å². The third-order valence-corrected chi connectivity index (χ3v) is 5.06. The number of carboxylic acids is 1. The molecular weight excluding hydrogens is 406 g/mol. The van der Waals surface area contributed by atoms with Gasteiger partial charge in [0, 0.05) is 15.4 Å². The van der Waals surface area contributed by atoms with Crippen LogP contribution in [-0.2, 0) is 0 Å². The smallest absolute Gasteiger partial charge is 0.336 e. The van der Waals surface area contributed by atoms with Crippen molar-refractivity contribution in [2.45, 2.75) is 13.8 Å². The molecule has 0 saturated heterocycles. The van der Waals surface area contributed by atoms with Crippen molar-refractivity contribution < 1.29 is 9.90 Å². The van der Waals surface area contributed by atoms with Gasteiger partial charge in [0.05, 0.1) is 34.4 Å². The zero-order valence-electron chi connectivity index (χ0n) is 14.8. The van der Waals surface area contributed by atoms with Crippen LogP contribution in [0.15, 0.2) is 59.2 Å². The molecule has 4 aromatic rings. The van der Waals surface area contributed by atoms with E-state index in [4.69, 9.17) is 0 Å². The molecule has 0 radical (unpaired) electrons. The van der Waals surface area contributed by atoms with Gasteiger partial charge in [-0.25, -0.2) is 14.5 Å². The highest BCUT2D eigenvalue weighted by atomic mass is 79.9. The summed E-state index contributed by atoms with van der Waals surface area (Å²) in [7, 11) is 0. The van der Waals surface area contributed by atoms with Crippen molar-refractivity contribution in [1.82, 2.24) is 14.8 Å². The topological polar surface area (TPSA) is 68.0 Å². The molecule has 0 atom stereocenters. The molecule has 0 amide bonds. The fraction of sp³-hybridized carbons (Fsp3) is 0.0952. The van der Waals surface area contributed by atoms with Gasteiger partial charge in [0.1, 0.15) is 0 Å². The number of aromatic carboxylic acids is 1. The van der Waals surface area contributed by atoms with Crippen LogP contribution < -0.4 is 0 Å². The first-order valence-corrected chi connectivity index (χ1v) is 9.19. The average Bonchev–Trinajstić information content (AvgIpc) is 3.03. The molecule has 0 bridgehead atoms. The maximum Gasteiger partial charge on any atom is 0.336 e. The van der Waals surface area contributed by atoms with E-state index in [9.17, 15) is 9.90 Å². The highest BCUT2D eigenvalue weighted by Gasteiger charge is 2.17. The molecule has 1 N–H and O–H groups in total. The Hall–Kier alpha value is -2.99. The molecule has 5 nitrogen and oxygen atoms in total. The predicted octanol–water partition coefficient (Wildman–Crippen LogP) is 5.17. The van der Waals surface area contributed by atoms with Gasteiger partial charge >= 0.3 is 5.97 Å². The van der Waals surface area contributed by atoms with Crippen LogP contribution in [0.5, 0.6) is 0 Å². The third-order valence-electron chi connectivity index (χ3n) is 4.57. The number of nitrogens with zero attached hydrogens (tertiary/aromatic N) is 3. The van der Waals surface area contributed by atoms with Crippen molar-refractivity contribution in [1.29, 1.82) is 0 Å². The molecule has 0 saturated carbocycles. The summed E-state index contributed by atoms with van der Waals surface area (Å²) in [6.07, 6.45) is 1.73. The second kappa shape index (κ2) is 6.63. The van der Waals surface area contributed by atoms with Gasteiger partial charge in [0.2, 0.25) is 0 Å². The van der Waals surface area contributed by atoms with Gasteiger partial charge in [0.25, 0.3) is 0 Å². The van der Waals surface area contributed by atoms with Crippen LogP contribution in [0.2, 0.25) is 0 Å². The molecule has 4 rings (SSSR count). The van der Waals surface area contributed by atoms with Crippen LogP contribution in [0, 0.1) is 13.8 Å². The summed E-state index contributed by atoms with van der Waals surface area (Å²) >= 11 is 3.39. The average molecular weight is 422 g/mol. The van der Waals surface area contributed by atoms with Gasteiger partial charge in [-0.1, -0.05) is 33.6 Å². The van der Waals surface area contributed by atoms with Crippen LogP contribution in [0.3, 0.4) is 0 Å². The second-order valence-corrected chi connectivity index (χ2v) is 7.33. The Kier molecular flexibility index (Phi) is 4.28. The molecule has 6 heteroatoms. The number of benzene rings is 2. The van der Waals surface area contributed by atoms with Gasteiger partial charge < -0.3 is 5.11 Å². The van der Waals surface area contributed by atoms with E-state index in [1.807, 2.05) is 54.9 Å². The molecule has 0 aliphatic heterocycles. The molecule has 0 aliphatic carbocycles. The van der Waals surface area contributed by atoms with Gasteiger partial charge in [-0.3, -0.25) is 0 Å². The molecule has 0 aliphatic rings. The number of carboxylic acid groups (broad SMARTS) is 1. The van der Waals surface area contributed by atoms with Crippen molar-refractivity contribution in [3.63, 3.8) is 0 Å². The number of hydrogen-bond acceptors (Lipinski definition) is 3. The maximum atomic E-state index is 11.8. The van der Waals surface area contributed by atoms with E-state index in [0.717, 1.165) is 21.4 Å². The Bertz CT molecular complexity index is 1180. The highest BCUT2D eigenvalue weighted by molar-refractivity contribution is 9.10. The number of rotatable bonds is 3. The summed E-state index contributed by atoms with van der Waals surface area (Å²) in [6, 6.07) is 15.1. The molecule has 0 fully saturated rings. The highest BCUT2D eigenvalue weighted by Crippen LogP contribution is 2.29. The van der Waals surface area contributed by atoms with E-state index >= 15 is 0 Å². The maximum absolute atomic E-state index is 11.8. The van der Waals surface area contributed by atoms with Crippen LogP contribution in [0.25, 0.3) is 27.8 Å². The Balaban J connectivity index is 1.89. The standard InChI is InChI=1S/C21H16BrN3O2/c1-12-3-6-15(7-4-12)25-13(2)18(11-23-25)20-10-17(21(26)27)16-9-14(22)5-8-19(16)24-20/h3-11H,1-2H3,(H,26,27).